The third kappa shape index (κ3) is 3.03. The van der Waals surface area contributed by atoms with E-state index in [4.69, 9.17) is 10.3 Å². The zero-order chi connectivity index (χ0) is 14.0. The highest BCUT2D eigenvalue weighted by atomic mass is 19.1. The lowest BCUT2D eigenvalue weighted by Crippen LogP contribution is -2.30. The molecule has 2 rings (SSSR count). The third-order valence-corrected chi connectivity index (χ3v) is 3.38. The highest BCUT2D eigenvalue weighted by Crippen LogP contribution is 2.25. The minimum Gasteiger partial charge on any atom is -0.466 e. The fourth-order valence-electron chi connectivity index (χ4n) is 2.36. The van der Waals surface area contributed by atoms with Gasteiger partial charge in [-0.1, -0.05) is 6.07 Å². The van der Waals surface area contributed by atoms with Gasteiger partial charge < -0.3 is 4.42 Å². The molecule has 19 heavy (non-hydrogen) atoms. The summed E-state index contributed by atoms with van der Waals surface area (Å²) in [6, 6.07) is 6.76. The molecule has 0 aliphatic carbocycles. The predicted octanol–water partition coefficient (Wildman–Crippen LogP) is 3.09. The monoisotopic (exact) mass is 262 g/mol. The van der Waals surface area contributed by atoms with E-state index in [9.17, 15) is 4.39 Å². The Bertz CT molecular complexity index is 578. The molecule has 0 bridgehead atoms. The molecule has 0 saturated heterocycles. The number of hydrazine groups is 1. The first-order chi connectivity index (χ1) is 9.01. The highest BCUT2D eigenvalue weighted by molar-refractivity contribution is 5.31. The Morgan fingerprint density at radius 1 is 1.26 bits per heavy atom. The lowest BCUT2D eigenvalue weighted by Gasteiger charge is -2.16. The topological polar surface area (TPSA) is 51.2 Å². The minimum atomic E-state index is -0.214. The van der Waals surface area contributed by atoms with Crippen molar-refractivity contribution in [2.45, 2.75) is 33.2 Å². The van der Waals surface area contributed by atoms with Gasteiger partial charge in [-0.15, -0.1) is 0 Å². The van der Waals surface area contributed by atoms with Gasteiger partial charge in [-0.2, -0.15) is 0 Å². The average Bonchev–Trinajstić information content (AvgIpc) is 2.68. The molecule has 0 aliphatic rings. The van der Waals surface area contributed by atoms with Crippen LogP contribution in [0.15, 0.2) is 28.7 Å². The average molecular weight is 262 g/mol. The Morgan fingerprint density at radius 3 is 2.53 bits per heavy atom. The van der Waals surface area contributed by atoms with Crippen molar-refractivity contribution in [1.82, 2.24) is 5.43 Å². The summed E-state index contributed by atoms with van der Waals surface area (Å²) >= 11 is 0. The first-order valence-electron chi connectivity index (χ1n) is 6.29. The number of furan rings is 1. The fraction of sp³-hybridized carbons (Fsp3) is 0.333. The van der Waals surface area contributed by atoms with Crippen molar-refractivity contribution in [3.8, 4) is 0 Å². The van der Waals surface area contributed by atoms with Crippen molar-refractivity contribution in [3.05, 3.63) is 58.3 Å². The van der Waals surface area contributed by atoms with Crippen LogP contribution in [0.1, 0.15) is 34.3 Å². The van der Waals surface area contributed by atoms with Gasteiger partial charge in [-0.3, -0.25) is 11.3 Å². The molecule has 0 fully saturated rings. The molecule has 1 atom stereocenters. The molecule has 1 aromatic carbocycles. The quantitative estimate of drug-likeness (QED) is 0.657. The molecule has 0 saturated carbocycles. The molecule has 3 N–H and O–H groups in total. The first-order valence-corrected chi connectivity index (χ1v) is 6.29. The molecule has 0 spiro atoms. The summed E-state index contributed by atoms with van der Waals surface area (Å²) in [4.78, 5) is 0. The van der Waals surface area contributed by atoms with Crippen LogP contribution >= 0.6 is 0 Å². The van der Waals surface area contributed by atoms with Crippen LogP contribution in [0.25, 0.3) is 0 Å². The zero-order valence-electron chi connectivity index (χ0n) is 11.5. The van der Waals surface area contributed by atoms with Crippen molar-refractivity contribution in [2.75, 3.05) is 0 Å². The molecule has 2 aromatic rings. The number of aryl methyl sites for hydroxylation is 3. The van der Waals surface area contributed by atoms with E-state index in [1.807, 2.05) is 26.8 Å². The predicted molar refractivity (Wildman–Crippen MR) is 73.1 cm³/mol. The second-order valence-electron chi connectivity index (χ2n) is 4.86. The summed E-state index contributed by atoms with van der Waals surface area (Å²) in [5, 5.41) is 0. The molecule has 0 amide bonds. The van der Waals surface area contributed by atoms with Crippen molar-refractivity contribution >= 4 is 0 Å². The Hall–Kier alpha value is -1.65. The van der Waals surface area contributed by atoms with Crippen LogP contribution in [0.2, 0.25) is 0 Å². The number of hydrogen-bond acceptors (Lipinski definition) is 3. The van der Waals surface area contributed by atoms with Crippen LogP contribution in [-0.4, -0.2) is 0 Å². The van der Waals surface area contributed by atoms with Crippen molar-refractivity contribution in [1.29, 1.82) is 0 Å². The SMILES string of the molecule is Cc1cc(C(Cc2ccc(F)cc2C)NN)c(C)o1. The van der Waals surface area contributed by atoms with E-state index < -0.39 is 0 Å². The standard InChI is InChI=1S/C15H19FN2O/c1-9-6-13(16)5-4-12(9)8-15(18-17)14-7-10(2)19-11(14)3/h4-7,15,18H,8,17H2,1-3H3. The van der Waals surface area contributed by atoms with Gasteiger partial charge >= 0.3 is 0 Å². The summed E-state index contributed by atoms with van der Waals surface area (Å²) < 4.78 is 18.6. The van der Waals surface area contributed by atoms with Gasteiger partial charge in [0.1, 0.15) is 17.3 Å². The minimum absolute atomic E-state index is 0.0402. The van der Waals surface area contributed by atoms with Gasteiger partial charge in [-0.25, -0.2) is 4.39 Å². The van der Waals surface area contributed by atoms with Gasteiger partial charge in [0.05, 0.1) is 6.04 Å². The van der Waals surface area contributed by atoms with Crippen molar-refractivity contribution in [3.63, 3.8) is 0 Å². The van der Waals surface area contributed by atoms with Crippen LogP contribution in [-0.2, 0) is 6.42 Å². The Morgan fingerprint density at radius 2 is 2.00 bits per heavy atom. The molecule has 1 aromatic heterocycles. The van der Waals surface area contributed by atoms with Gasteiger partial charge in [0, 0.05) is 5.56 Å². The lowest BCUT2D eigenvalue weighted by molar-refractivity contribution is 0.484. The van der Waals surface area contributed by atoms with Gasteiger partial charge in [0.15, 0.2) is 0 Å². The molecule has 4 heteroatoms. The van der Waals surface area contributed by atoms with E-state index in [2.05, 4.69) is 5.43 Å². The smallest absolute Gasteiger partial charge is 0.123 e. The summed E-state index contributed by atoms with van der Waals surface area (Å²) in [5.41, 5.74) is 5.85. The van der Waals surface area contributed by atoms with Crippen molar-refractivity contribution < 1.29 is 8.81 Å². The van der Waals surface area contributed by atoms with Crippen LogP contribution in [0.5, 0.6) is 0 Å². The highest BCUT2D eigenvalue weighted by Gasteiger charge is 2.17. The van der Waals surface area contributed by atoms with Gasteiger partial charge in [0.2, 0.25) is 0 Å². The number of rotatable bonds is 4. The van der Waals surface area contributed by atoms with E-state index in [0.29, 0.717) is 6.42 Å². The van der Waals surface area contributed by atoms with Crippen LogP contribution in [0.3, 0.4) is 0 Å². The maximum Gasteiger partial charge on any atom is 0.123 e. The molecule has 1 unspecified atom stereocenters. The number of hydrogen-bond donors (Lipinski definition) is 2. The summed E-state index contributed by atoms with van der Waals surface area (Å²) in [6.45, 7) is 5.73. The van der Waals surface area contributed by atoms with E-state index in [0.717, 1.165) is 28.2 Å². The summed E-state index contributed by atoms with van der Waals surface area (Å²) in [5.74, 6) is 7.16. The normalized spacial score (nSPS) is 12.7. The van der Waals surface area contributed by atoms with Crippen LogP contribution in [0.4, 0.5) is 4.39 Å². The third-order valence-electron chi connectivity index (χ3n) is 3.38. The Labute approximate surface area is 112 Å². The lowest BCUT2D eigenvalue weighted by atomic mass is 9.96. The molecule has 3 nitrogen and oxygen atoms in total. The Balaban J connectivity index is 2.26. The second kappa shape index (κ2) is 5.55. The molecule has 1 heterocycles. The molecule has 0 radical (unpaired) electrons. The van der Waals surface area contributed by atoms with Crippen LogP contribution < -0.4 is 11.3 Å². The van der Waals surface area contributed by atoms with E-state index in [1.165, 1.54) is 12.1 Å². The fourth-order valence-corrected chi connectivity index (χ4v) is 2.36. The van der Waals surface area contributed by atoms with Gasteiger partial charge in [-0.05, 0) is 56.5 Å². The maximum atomic E-state index is 13.1. The maximum absolute atomic E-state index is 13.1. The molecule has 102 valence electrons. The van der Waals surface area contributed by atoms with Gasteiger partial charge in [0.25, 0.3) is 0 Å². The number of benzene rings is 1. The zero-order valence-corrected chi connectivity index (χ0v) is 11.5. The van der Waals surface area contributed by atoms with E-state index in [-0.39, 0.29) is 11.9 Å². The largest absolute Gasteiger partial charge is 0.466 e. The molecular weight excluding hydrogens is 243 g/mol. The number of nitrogens with one attached hydrogen (secondary N) is 1. The van der Waals surface area contributed by atoms with Crippen LogP contribution in [0, 0.1) is 26.6 Å². The molecular formula is C15H19FN2O. The number of nitrogens with two attached hydrogens (primary N) is 1. The molecule has 0 aliphatic heterocycles. The van der Waals surface area contributed by atoms with E-state index >= 15 is 0 Å². The second-order valence-corrected chi connectivity index (χ2v) is 4.86. The summed E-state index contributed by atoms with van der Waals surface area (Å²) in [6.07, 6.45) is 0.697. The van der Waals surface area contributed by atoms with E-state index in [1.54, 1.807) is 6.07 Å². The first kappa shape index (κ1) is 13.8. The Kier molecular flexibility index (Phi) is 4.02. The number of halogens is 1. The summed E-state index contributed by atoms with van der Waals surface area (Å²) in [7, 11) is 0. The van der Waals surface area contributed by atoms with Crippen molar-refractivity contribution in [2.24, 2.45) is 5.84 Å².